The van der Waals surface area contributed by atoms with Crippen LogP contribution in [0.4, 0.5) is 10.9 Å². The zero-order valence-electron chi connectivity index (χ0n) is 10.8. The summed E-state index contributed by atoms with van der Waals surface area (Å²) in [6, 6.07) is 11.6. The highest BCUT2D eigenvalue weighted by Gasteiger charge is 2.05. The number of rotatable bonds is 3. The van der Waals surface area contributed by atoms with Gasteiger partial charge in [-0.15, -0.1) is 11.3 Å². The Morgan fingerprint density at radius 1 is 1.10 bits per heavy atom. The Bertz CT molecular complexity index is 705. The number of hydrogen-bond donors (Lipinski definition) is 1. The van der Waals surface area contributed by atoms with Gasteiger partial charge in [0.05, 0.1) is 5.69 Å². The summed E-state index contributed by atoms with van der Waals surface area (Å²) < 4.78 is 0. The first-order chi connectivity index (χ1) is 9.70. The highest BCUT2D eigenvalue weighted by molar-refractivity contribution is 7.14. The van der Waals surface area contributed by atoms with Crippen LogP contribution < -0.4 is 5.32 Å². The summed E-state index contributed by atoms with van der Waals surface area (Å²) in [6.07, 6.45) is 1.83. The molecule has 3 aromatic rings. The zero-order chi connectivity index (χ0) is 13.9. The Morgan fingerprint density at radius 2 is 1.90 bits per heavy atom. The molecule has 0 saturated heterocycles. The van der Waals surface area contributed by atoms with Crippen LogP contribution in [-0.4, -0.2) is 9.97 Å². The van der Waals surface area contributed by atoms with Crippen LogP contribution in [0, 0.1) is 6.92 Å². The van der Waals surface area contributed by atoms with E-state index in [1.54, 1.807) is 11.3 Å². The third-order valence-electron chi connectivity index (χ3n) is 2.79. The molecule has 100 valence electrons. The summed E-state index contributed by atoms with van der Waals surface area (Å²) >= 11 is 7.44. The molecule has 3 nitrogen and oxygen atoms in total. The Hall–Kier alpha value is -1.91. The van der Waals surface area contributed by atoms with Crippen LogP contribution in [0.5, 0.6) is 0 Å². The van der Waals surface area contributed by atoms with Gasteiger partial charge in [0.25, 0.3) is 0 Å². The maximum atomic E-state index is 5.89. The third-order valence-corrected chi connectivity index (χ3v) is 3.80. The van der Waals surface area contributed by atoms with Gasteiger partial charge < -0.3 is 5.32 Å². The van der Waals surface area contributed by atoms with Crippen LogP contribution in [-0.2, 0) is 0 Å². The van der Waals surface area contributed by atoms with Crippen LogP contribution in [0.15, 0.2) is 48.0 Å². The van der Waals surface area contributed by atoms with Gasteiger partial charge in [-0.3, -0.25) is 0 Å². The second-order valence-electron chi connectivity index (χ2n) is 4.39. The molecule has 5 heteroatoms. The van der Waals surface area contributed by atoms with Gasteiger partial charge in [0.2, 0.25) is 0 Å². The summed E-state index contributed by atoms with van der Waals surface area (Å²) in [7, 11) is 0. The van der Waals surface area contributed by atoms with Gasteiger partial charge in [0, 0.05) is 22.2 Å². The molecule has 20 heavy (non-hydrogen) atoms. The fraction of sp³-hybridized carbons (Fsp3) is 0.0667. The number of nitrogens with one attached hydrogen (secondary N) is 1. The lowest BCUT2D eigenvalue weighted by molar-refractivity contribution is 1.25. The van der Waals surface area contributed by atoms with Crippen LogP contribution >= 0.6 is 22.9 Å². The molecule has 0 radical (unpaired) electrons. The first-order valence-corrected chi connectivity index (χ1v) is 7.37. The Labute approximate surface area is 126 Å². The molecule has 0 amide bonds. The number of benzene rings is 1. The predicted molar refractivity (Wildman–Crippen MR) is 84.8 cm³/mol. The van der Waals surface area contributed by atoms with E-state index in [1.807, 2.05) is 54.9 Å². The van der Waals surface area contributed by atoms with E-state index < -0.39 is 0 Å². The fourth-order valence-electron chi connectivity index (χ4n) is 1.74. The molecule has 0 aliphatic carbocycles. The minimum atomic E-state index is 0.728. The van der Waals surface area contributed by atoms with E-state index in [-0.39, 0.29) is 0 Å². The van der Waals surface area contributed by atoms with Crippen LogP contribution in [0.1, 0.15) is 5.56 Å². The van der Waals surface area contributed by atoms with Crippen molar-refractivity contribution in [3.05, 3.63) is 58.6 Å². The van der Waals surface area contributed by atoms with E-state index in [0.29, 0.717) is 0 Å². The fourth-order valence-corrected chi connectivity index (χ4v) is 2.59. The molecule has 0 fully saturated rings. The van der Waals surface area contributed by atoms with Gasteiger partial charge in [-0.25, -0.2) is 9.97 Å². The SMILES string of the molecule is Cc1ccc(Nc2nc(-c3ccc(Cl)cc3)cs2)nc1. The highest BCUT2D eigenvalue weighted by atomic mass is 35.5. The predicted octanol–water partition coefficient (Wildman–Crippen LogP) is 4.91. The van der Waals surface area contributed by atoms with Crippen molar-refractivity contribution in [1.82, 2.24) is 9.97 Å². The van der Waals surface area contributed by atoms with E-state index in [4.69, 9.17) is 11.6 Å². The average molecular weight is 302 g/mol. The van der Waals surface area contributed by atoms with Crippen LogP contribution in [0.3, 0.4) is 0 Å². The summed E-state index contributed by atoms with van der Waals surface area (Å²) in [4.78, 5) is 8.86. The molecule has 0 spiro atoms. The summed E-state index contributed by atoms with van der Waals surface area (Å²) in [6.45, 7) is 2.01. The maximum Gasteiger partial charge on any atom is 0.188 e. The van der Waals surface area contributed by atoms with E-state index in [2.05, 4.69) is 15.3 Å². The van der Waals surface area contributed by atoms with Gasteiger partial charge in [-0.2, -0.15) is 0 Å². The standard InChI is InChI=1S/C15H12ClN3S/c1-10-2-7-14(17-8-10)19-15-18-13(9-20-15)11-3-5-12(16)6-4-11/h2-9H,1H3,(H,17,18,19). The Balaban J connectivity index is 1.80. The molecule has 2 heterocycles. The van der Waals surface area contributed by atoms with E-state index in [1.165, 1.54) is 0 Å². The molecule has 0 saturated carbocycles. The zero-order valence-corrected chi connectivity index (χ0v) is 12.4. The van der Waals surface area contributed by atoms with Crippen molar-refractivity contribution in [2.75, 3.05) is 5.32 Å². The molecule has 3 rings (SSSR count). The largest absolute Gasteiger partial charge is 0.316 e. The lowest BCUT2D eigenvalue weighted by Crippen LogP contribution is -1.92. The molecule has 1 N–H and O–H groups in total. The third kappa shape index (κ3) is 2.98. The number of nitrogens with zero attached hydrogens (tertiary/aromatic N) is 2. The van der Waals surface area contributed by atoms with Crippen molar-refractivity contribution in [2.45, 2.75) is 6.92 Å². The number of thiazole rings is 1. The molecule has 0 bridgehead atoms. The molecule has 0 atom stereocenters. The number of hydrogen-bond acceptors (Lipinski definition) is 4. The summed E-state index contributed by atoms with van der Waals surface area (Å²) in [5.41, 5.74) is 3.12. The normalized spacial score (nSPS) is 10.5. The molecule has 0 aliphatic rings. The van der Waals surface area contributed by atoms with Gasteiger partial charge in [-0.1, -0.05) is 29.8 Å². The summed E-state index contributed by atoms with van der Waals surface area (Å²) in [5, 5.41) is 6.77. The minimum absolute atomic E-state index is 0.728. The number of aromatic nitrogens is 2. The van der Waals surface area contributed by atoms with Crippen molar-refractivity contribution in [1.29, 1.82) is 0 Å². The van der Waals surface area contributed by atoms with Crippen molar-refractivity contribution in [3.8, 4) is 11.3 Å². The first kappa shape index (κ1) is 13.1. The molecule has 0 unspecified atom stereocenters. The van der Waals surface area contributed by atoms with Crippen molar-refractivity contribution in [2.24, 2.45) is 0 Å². The van der Waals surface area contributed by atoms with Crippen molar-refractivity contribution < 1.29 is 0 Å². The lowest BCUT2D eigenvalue weighted by Gasteiger charge is -2.01. The van der Waals surface area contributed by atoms with Crippen LogP contribution in [0.2, 0.25) is 5.02 Å². The second-order valence-corrected chi connectivity index (χ2v) is 5.69. The molecular weight excluding hydrogens is 290 g/mol. The molecule has 2 aromatic heterocycles. The number of pyridine rings is 1. The number of halogens is 1. The summed E-state index contributed by atoms with van der Waals surface area (Å²) in [5.74, 6) is 0.799. The number of aryl methyl sites for hydroxylation is 1. The molecule has 0 aliphatic heterocycles. The smallest absolute Gasteiger partial charge is 0.188 e. The number of anilines is 2. The van der Waals surface area contributed by atoms with Crippen LogP contribution in [0.25, 0.3) is 11.3 Å². The monoisotopic (exact) mass is 301 g/mol. The minimum Gasteiger partial charge on any atom is -0.316 e. The first-order valence-electron chi connectivity index (χ1n) is 6.12. The van der Waals surface area contributed by atoms with Gasteiger partial charge in [-0.05, 0) is 30.7 Å². The van der Waals surface area contributed by atoms with E-state index in [0.717, 1.165) is 32.8 Å². The second kappa shape index (κ2) is 5.61. The molecular formula is C15H12ClN3S. The molecule has 1 aromatic carbocycles. The lowest BCUT2D eigenvalue weighted by atomic mass is 10.2. The Kier molecular flexibility index (Phi) is 3.67. The Morgan fingerprint density at radius 3 is 2.60 bits per heavy atom. The topological polar surface area (TPSA) is 37.8 Å². The van der Waals surface area contributed by atoms with E-state index in [9.17, 15) is 0 Å². The quantitative estimate of drug-likeness (QED) is 0.747. The van der Waals surface area contributed by atoms with Gasteiger partial charge in [0.1, 0.15) is 5.82 Å². The van der Waals surface area contributed by atoms with Crippen molar-refractivity contribution in [3.63, 3.8) is 0 Å². The maximum absolute atomic E-state index is 5.89. The average Bonchev–Trinajstić information content (AvgIpc) is 2.91. The van der Waals surface area contributed by atoms with Gasteiger partial charge in [0.15, 0.2) is 5.13 Å². The van der Waals surface area contributed by atoms with E-state index >= 15 is 0 Å². The highest BCUT2D eigenvalue weighted by Crippen LogP contribution is 2.27. The van der Waals surface area contributed by atoms with Gasteiger partial charge >= 0.3 is 0 Å². The van der Waals surface area contributed by atoms with Crippen molar-refractivity contribution >= 4 is 33.9 Å².